The number of benzene rings is 1. The highest BCUT2D eigenvalue weighted by Gasteiger charge is 2.36. The van der Waals surface area contributed by atoms with Crippen molar-refractivity contribution >= 4 is 17.6 Å². The van der Waals surface area contributed by atoms with Gasteiger partial charge in [-0.25, -0.2) is 4.79 Å². The highest BCUT2D eigenvalue weighted by atomic mass is 16.6. The van der Waals surface area contributed by atoms with Crippen LogP contribution < -0.4 is 4.74 Å². The highest BCUT2D eigenvalue weighted by molar-refractivity contribution is 6.00. The van der Waals surface area contributed by atoms with Gasteiger partial charge in [0, 0.05) is 12.6 Å². The normalized spacial score (nSPS) is 17.6. The number of rotatable bonds is 4. The number of ether oxygens (including phenoxy) is 1. The maximum absolute atomic E-state index is 12.5. The van der Waals surface area contributed by atoms with Gasteiger partial charge < -0.3 is 14.7 Å². The minimum atomic E-state index is -1.08. The van der Waals surface area contributed by atoms with E-state index in [1.807, 2.05) is 0 Å². The number of nitro benzene ring substituents is 1. The fourth-order valence-electron chi connectivity index (χ4n) is 2.47. The second-order valence-electron chi connectivity index (χ2n) is 4.61. The summed E-state index contributed by atoms with van der Waals surface area (Å²) in [7, 11) is 1.23. The lowest BCUT2D eigenvalue weighted by molar-refractivity contribution is -0.385. The fourth-order valence-corrected chi connectivity index (χ4v) is 2.47. The summed E-state index contributed by atoms with van der Waals surface area (Å²) < 4.78 is 4.98. The number of hydrogen-bond donors (Lipinski definition) is 1. The molecule has 1 saturated heterocycles. The lowest BCUT2D eigenvalue weighted by Crippen LogP contribution is -2.40. The summed E-state index contributed by atoms with van der Waals surface area (Å²) in [5.41, 5.74) is -0.325. The molecule has 1 heterocycles. The Morgan fingerprint density at radius 2 is 2.19 bits per heavy atom. The third-order valence-electron chi connectivity index (χ3n) is 3.42. The number of hydrogen-bond acceptors (Lipinski definition) is 5. The summed E-state index contributed by atoms with van der Waals surface area (Å²) >= 11 is 0. The van der Waals surface area contributed by atoms with Crippen molar-refractivity contribution in [1.29, 1.82) is 0 Å². The molecule has 1 aromatic rings. The van der Waals surface area contributed by atoms with Crippen LogP contribution >= 0.6 is 0 Å². The van der Waals surface area contributed by atoms with Crippen molar-refractivity contribution in [3.05, 3.63) is 33.9 Å². The van der Waals surface area contributed by atoms with Crippen molar-refractivity contribution < 1.29 is 24.4 Å². The fraction of sp³-hybridized carbons (Fsp3) is 0.385. The first-order chi connectivity index (χ1) is 9.97. The van der Waals surface area contributed by atoms with Crippen LogP contribution in [0, 0.1) is 10.1 Å². The summed E-state index contributed by atoms with van der Waals surface area (Å²) in [5.74, 6) is -1.80. The summed E-state index contributed by atoms with van der Waals surface area (Å²) in [4.78, 5) is 35.1. The zero-order valence-corrected chi connectivity index (χ0v) is 11.3. The second-order valence-corrected chi connectivity index (χ2v) is 4.61. The molecule has 2 rings (SSSR count). The highest BCUT2D eigenvalue weighted by Crippen LogP contribution is 2.32. The molecule has 1 aliphatic heterocycles. The average Bonchev–Trinajstić information content (AvgIpc) is 2.95. The zero-order chi connectivity index (χ0) is 15.6. The Morgan fingerprint density at radius 3 is 2.76 bits per heavy atom. The molecule has 0 radical (unpaired) electrons. The van der Waals surface area contributed by atoms with Gasteiger partial charge in [0.1, 0.15) is 6.04 Å². The molecule has 0 saturated carbocycles. The molecule has 21 heavy (non-hydrogen) atoms. The van der Waals surface area contributed by atoms with Crippen molar-refractivity contribution in [3.63, 3.8) is 0 Å². The molecule has 1 unspecified atom stereocenters. The molecule has 0 aromatic heterocycles. The predicted molar refractivity (Wildman–Crippen MR) is 71.3 cm³/mol. The Bertz CT molecular complexity index is 600. The minimum absolute atomic E-state index is 0.000139. The van der Waals surface area contributed by atoms with E-state index in [4.69, 9.17) is 9.84 Å². The third-order valence-corrected chi connectivity index (χ3v) is 3.42. The van der Waals surface area contributed by atoms with Gasteiger partial charge in [-0.15, -0.1) is 0 Å². The van der Waals surface area contributed by atoms with E-state index in [0.29, 0.717) is 19.4 Å². The second kappa shape index (κ2) is 5.78. The molecular weight excluding hydrogens is 280 g/mol. The molecule has 8 nitrogen and oxygen atoms in total. The van der Waals surface area contributed by atoms with E-state index in [1.54, 1.807) is 0 Å². The molecule has 1 amide bonds. The van der Waals surface area contributed by atoms with Gasteiger partial charge in [0.05, 0.1) is 17.6 Å². The first-order valence-corrected chi connectivity index (χ1v) is 6.32. The lowest BCUT2D eigenvalue weighted by Gasteiger charge is -2.22. The number of likely N-dealkylation sites (tertiary alicyclic amines) is 1. The van der Waals surface area contributed by atoms with Crippen LogP contribution in [0.15, 0.2) is 18.2 Å². The molecular formula is C13H14N2O6. The first-order valence-electron chi connectivity index (χ1n) is 6.32. The number of nitro groups is 1. The van der Waals surface area contributed by atoms with E-state index in [2.05, 4.69) is 0 Å². The van der Waals surface area contributed by atoms with Gasteiger partial charge in [0.2, 0.25) is 5.75 Å². The minimum Gasteiger partial charge on any atom is -0.490 e. The Labute approximate surface area is 120 Å². The van der Waals surface area contributed by atoms with Gasteiger partial charge in [-0.05, 0) is 18.9 Å². The number of para-hydroxylation sites is 1. The maximum atomic E-state index is 12.5. The van der Waals surface area contributed by atoms with Crippen molar-refractivity contribution in [3.8, 4) is 5.75 Å². The largest absolute Gasteiger partial charge is 0.490 e. The molecule has 1 aromatic carbocycles. The molecule has 1 fully saturated rings. The monoisotopic (exact) mass is 294 g/mol. The van der Waals surface area contributed by atoms with Crippen molar-refractivity contribution in [1.82, 2.24) is 4.90 Å². The molecule has 8 heteroatoms. The van der Waals surface area contributed by atoms with E-state index >= 15 is 0 Å². The van der Waals surface area contributed by atoms with Crippen LogP contribution in [0.25, 0.3) is 0 Å². The summed E-state index contributed by atoms with van der Waals surface area (Å²) in [6, 6.07) is 3.10. The van der Waals surface area contributed by atoms with Gasteiger partial charge in [-0.2, -0.15) is 0 Å². The van der Waals surface area contributed by atoms with Gasteiger partial charge in [0.25, 0.3) is 5.91 Å². The van der Waals surface area contributed by atoms with E-state index < -0.39 is 22.8 Å². The van der Waals surface area contributed by atoms with Crippen LogP contribution in [0.2, 0.25) is 0 Å². The number of carbonyl (C=O) groups is 2. The number of carboxylic acid groups (broad SMARTS) is 1. The van der Waals surface area contributed by atoms with Gasteiger partial charge in [-0.1, -0.05) is 6.07 Å². The lowest BCUT2D eigenvalue weighted by atomic mass is 10.1. The standard InChI is InChI=1S/C13H14N2O6/c1-21-11-8(4-2-5-9(11)15(19)20)12(16)14-7-3-6-10(14)13(17)18/h2,4-5,10H,3,6-7H2,1H3,(H,17,18). The van der Waals surface area contributed by atoms with Gasteiger partial charge in [-0.3, -0.25) is 14.9 Å². The van der Waals surface area contributed by atoms with Crippen LogP contribution in [0.1, 0.15) is 23.2 Å². The van der Waals surface area contributed by atoms with E-state index in [9.17, 15) is 19.7 Å². The molecule has 1 N–H and O–H groups in total. The summed E-state index contributed by atoms with van der Waals surface area (Å²) in [5, 5.41) is 20.1. The summed E-state index contributed by atoms with van der Waals surface area (Å²) in [6.45, 7) is 0.307. The van der Waals surface area contributed by atoms with Crippen molar-refractivity contribution in [2.45, 2.75) is 18.9 Å². The third kappa shape index (κ3) is 2.64. The number of methoxy groups -OCH3 is 1. The Balaban J connectivity index is 2.42. The number of carboxylic acids is 1. The van der Waals surface area contributed by atoms with E-state index in [1.165, 1.54) is 30.2 Å². The van der Waals surface area contributed by atoms with Crippen LogP contribution in [0.5, 0.6) is 5.75 Å². The topological polar surface area (TPSA) is 110 Å². The van der Waals surface area contributed by atoms with E-state index in [0.717, 1.165) is 0 Å². The number of carbonyl (C=O) groups excluding carboxylic acids is 1. The van der Waals surface area contributed by atoms with Crippen LogP contribution in [0.3, 0.4) is 0 Å². The van der Waals surface area contributed by atoms with Gasteiger partial charge in [0.15, 0.2) is 0 Å². The van der Waals surface area contributed by atoms with Crippen molar-refractivity contribution in [2.24, 2.45) is 0 Å². The Morgan fingerprint density at radius 1 is 1.48 bits per heavy atom. The molecule has 0 aliphatic carbocycles. The van der Waals surface area contributed by atoms with Gasteiger partial charge >= 0.3 is 11.7 Å². The van der Waals surface area contributed by atoms with Crippen LogP contribution in [-0.2, 0) is 4.79 Å². The smallest absolute Gasteiger partial charge is 0.326 e. The SMILES string of the molecule is COc1c(C(=O)N2CCCC2C(=O)O)cccc1[N+](=O)[O-]. The molecule has 0 bridgehead atoms. The zero-order valence-electron chi connectivity index (χ0n) is 11.3. The van der Waals surface area contributed by atoms with Crippen LogP contribution in [-0.4, -0.2) is 46.5 Å². The quantitative estimate of drug-likeness (QED) is 0.662. The number of amides is 1. The molecule has 112 valence electrons. The molecule has 1 atom stereocenters. The molecule has 1 aliphatic rings. The Kier molecular flexibility index (Phi) is 4.06. The number of aliphatic carboxylic acids is 1. The van der Waals surface area contributed by atoms with Crippen LogP contribution in [0.4, 0.5) is 5.69 Å². The maximum Gasteiger partial charge on any atom is 0.326 e. The Hall–Kier alpha value is -2.64. The predicted octanol–water partition coefficient (Wildman–Crippen LogP) is 1.29. The van der Waals surface area contributed by atoms with E-state index in [-0.39, 0.29) is 17.0 Å². The number of nitrogens with zero attached hydrogens (tertiary/aromatic N) is 2. The first kappa shape index (κ1) is 14.8. The molecule has 0 spiro atoms. The summed E-state index contributed by atoms with van der Waals surface area (Å²) in [6.07, 6.45) is 0.957. The van der Waals surface area contributed by atoms with Crippen molar-refractivity contribution in [2.75, 3.05) is 13.7 Å². The average molecular weight is 294 g/mol.